The van der Waals surface area contributed by atoms with Gasteiger partial charge in [-0.15, -0.1) is 0 Å². The monoisotopic (exact) mass is 360 g/mol. The summed E-state index contributed by atoms with van der Waals surface area (Å²) >= 11 is 5.97. The molecule has 0 unspecified atom stereocenters. The number of nitrogens with zero attached hydrogens (tertiary/aromatic N) is 1. The highest BCUT2D eigenvalue weighted by Crippen LogP contribution is 2.28. The highest BCUT2D eigenvalue weighted by Gasteiger charge is 2.18. The van der Waals surface area contributed by atoms with Crippen molar-refractivity contribution in [3.63, 3.8) is 0 Å². The van der Waals surface area contributed by atoms with E-state index in [1.54, 1.807) is 18.2 Å². The number of carbonyl (C=O) groups excluding carboxylic acids is 2. The number of methoxy groups -OCH3 is 1. The van der Waals surface area contributed by atoms with Crippen LogP contribution < -0.4 is 15.0 Å². The first-order chi connectivity index (χ1) is 11.8. The molecule has 0 saturated carbocycles. The Kier molecular flexibility index (Phi) is 6.04. The second-order valence-electron chi connectivity index (χ2n) is 5.79. The van der Waals surface area contributed by atoms with Gasteiger partial charge in [0.05, 0.1) is 12.8 Å². The lowest BCUT2D eigenvalue weighted by Crippen LogP contribution is -2.37. The van der Waals surface area contributed by atoms with Crippen molar-refractivity contribution in [2.75, 3.05) is 23.9 Å². The number of ether oxygens (including phenoxy) is 1. The number of halogens is 1. The molecular weight excluding hydrogens is 340 g/mol. The summed E-state index contributed by atoms with van der Waals surface area (Å²) < 4.78 is 5.22. The first-order valence-corrected chi connectivity index (χ1v) is 8.18. The Morgan fingerprint density at radius 2 is 1.88 bits per heavy atom. The fourth-order valence-electron chi connectivity index (χ4n) is 2.59. The Morgan fingerprint density at radius 3 is 2.48 bits per heavy atom. The molecule has 0 heterocycles. The summed E-state index contributed by atoms with van der Waals surface area (Å²) in [6.45, 7) is 5.23. The van der Waals surface area contributed by atoms with Crippen LogP contribution in [0.3, 0.4) is 0 Å². The number of nitrogens with one attached hydrogen (secondary N) is 1. The standard InChI is InChI=1S/C19H21ClN2O3/c1-12-5-7-17(13(2)9-12)22(14(3)23)11-19(24)21-16-10-15(20)6-8-18(16)25-4/h5-10H,11H2,1-4H3,(H,21,24). The number of hydrogen-bond acceptors (Lipinski definition) is 3. The van der Waals surface area contributed by atoms with Crippen molar-refractivity contribution in [1.82, 2.24) is 0 Å². The van der Waals surface area contributed by atoms with E-state index in [1.807, 2.05) is 32.0 Å². The van der Waals surface area contributed by atoms with Crippen LogP contribution in [0.2, 0.25) is 5.02 Å². The summed E-state index contributed by atoms with van der Waals surface area (Å²) in [6, 6.07) is 10.7. The normalized spacial score (nSPS) is 10.3. The zero-order chi connectivity index (χ0) is 18.6. The summed E-state index contributed by atoms with van der Waals surface area (Å²) in [4.78, 5) is 25.9. The maximum atomic E-state index is 12.5. The first kappa shape index (κ1) is 18.8. The predicted octanol–water partition coefficient (Wildman–Crippen LogP) is 3.96. The van der Waals surface area contributed by atoms with Gasteiger partial charge in [-0.2, -0.15) is 0 Å². The molecule has 2 amide bonds. The van der Waals surface area contributed by atoms with E-state index in [-0.39, 0.29) is 18.4 Å². The minimum Gasteiger partial charge on any atom is -0.495 e. The van der Waals surface area contributed by atoms with E-state index in [4.69, 9.17) is 16.3 Å². The average molecular weight is 361 g/mol. The molecule has 0 fully saturated rings. The molecule has 0 radical (unpaired) electrons. The largest absolute Gasteiger partial charge is 0.495 e. The smallest absolute Gasteiger partial charge is 0.244 e. The molecule has 0 saturated heterocycles. The van der Waals surface area contributed by atoms with Crippen LogP contribution in [0.1, 0.15) is 18.1 Å². The van der Waals surface area contributed by atoms with Crippen LogP contribution in [0.15, 0.2) is 36.4 Å². The van der Waals surface area contributed by atoms with E-state index < -0.39 is 0 Å². The molecular formula is C19H21ClN2O3. The van der Waals surface area contributed by atoms with Gasteiger partial charge in [-0.25, -0.2) is 0 Å². The fourth-order valence-corrected chi connectivity index (χ4v) is 2.76. The quantitative estimate of drug-likeness (QED) is 0.878. The molecule has 0 aromatic heterocycles. The summed E-state index contributed by atoms with van der Waals surface area (Å²) in [7, 11) is 1.51. The van der Waals surface area contributed by atoms with Crippen LogP contribution in [-0.4, -0.2) is 25.5 Å². The molecule has 132 valence electrons. The van der Waals surface area contributed by atoms with Crippen LogP contribution in [0.4, 0.5) is 11.4 Å². The molecule has 2 aromatic carbocycles. The predicted molar refractivity (Wildman–Crippen MR) is 101 cm³/mol. The van der Waals surface area contributed by atoms with Crippen molar-refractivity contribution in [2.24, 2.45) is 0 Å². The van der Waals surface area contributed by atoms with Crippen molar-refractivity contribution in [3.05, 3.63) is 52.5 Å². The van der Waals surface area contributed by atoms with Gasteiger partial charge >= 0.3 is 0 Å². The molecule has 0 aliphatic rings. The lowest BCUT2D eigenvalue weighted by molar-refractivity contribution is -0.120. The van der Waals surface area contributed by atoms with Crippen LogP contribution in [-0.2, 0) is 9.59 Å². The Balaban J connectivity index is 2.21. The summed E-state index contributed by atoms with van der Waals surface area (Å²) in [5.74, 6) is -0.0467. The van der Waals surface area contributed by atoms with Crippen molar-refractivity contribution in [2.45, 2.75) is 20.8 Å². The third-order valence-electron chi connectivity index (χ3n) is 3.76. The average Bonchev–Trinajstić information content (AvgIpc) is 2.53. The Bertz CT molecular complexity index is 805. The minimum atomic E-state index is -0.337. The third-order valence-corrected chi connectivity index (χ3v) is 4.00. The minimum absolute atomic E-state index is 0.102. The Hall–Kier alpha value is -2.53. The van der Waals surface area contributed by atoms with Gasteiger partial charge in [0.25, 0.3) is 0 Å². The van der Waals surface area contributed by atoms with Gasteiger partial charge in [0.2, 0.25) is 11.8 Å². The maximum Gasteiger partial charge on any atom is 0.244 e. The molecule has 0 aliphatic carbocycles. The molecule has 0 bridgehead atoms. The van der Waals surface area contributed by atoms with E-state index in [9.17, 15) is 9.59 Å². The van der Waals surface area contributed by atoms with Crippen molar-refractivity contribution in [3.8, 4) is 5.75 Å². The van der Waals surface area contributed by atoms with Crippen LogP contribution in [0.25, 0.3) is 0 Å². The second kappa shape index (κ2) is 8.03. The molecule has 25 heavy (non-hydrogen) atoms. The first-order valence-electron chi connectivity index (χ1n) is 7.80. The molecule has 2 rings (SSSR count). The van der Waals surface area contributed by atoms with E-state index in [2.05, 4.69) is 5.32 Å². The zero-order valence-electron chi connectivity index (χ0n) is 14.7. The number of rotatable bonds is 5. The van der Waals surface area contributed by atoms with Crippen LogP contribution in [0.5, 0.6) is 5.75 Å². The van der Waals surface area contributed by atoms with Crippen molar-refractivity contribution >= 4 is 34.8 Å². The zero-order valence-corrected chi connectivity index (χ0v) is 15.5. The summed E-state index contributed by atoms with van der Waals surface area (Å²) in [5, 5.41) is 3.23. The number of anilines is 2. The van der Waals surface area contributed by atoms with Gasteiger partial charge < -0.3 is 15.0 Å². The van der Waals surface area contributed by atoms with Gasteiger partial charge in [-0.05, 0) is 43.7 Å². The number of hydrogen-bond donors (Lipinski definition) is 1. The van der Waals surface area contributed by atoms with Crippen molar-refractivity contribution < 1.29 is 14.3 Å². The van der Waals surface area contributed by atoms with Gasteiger partial charge in [-0.1, -0.05) is 29.3 Å². The van der Waals surface area contributed by atoms with E-state index in [0.717, 1.165) is 11.1 Å². The Morgan fingerprint density at radius 1 is 1.16 bits per heavy atom. The molecule has 6 heteroatoms. The highest BCUT2D eigenvalue weighted by atomic mass is 35.5. The molecule has 5 nitrogen and oxygen atoms in total. The SMILES string of the molecule is COc1ccc(Cl)cc1NC(=O)CN(C(C)=O)c1ccc(C)cc1C. The van der Waals surface area contributed by atoms with Gasteiger partial charge in [-0.3, -0.25) is 9.59 Å². The number of aryl methyl sites for hydroxylation is 2. The van der Waals surface area contributed by atoms with Crippen molar-refractivity contribution in [1.29, 1.82) is 0 Å². The number of amides is 2. The lowest BCUT2D eigenvalue weighted by atomic mass is 10.1. The number of carbonyl (C=O) groups is 2. The van der Waals surface area contributed by atoms with E-state index >= 15 is 0 Å². The van der Waals surface area contributed by atoms with Crippen LogP contribution >= 0.6 is 11.6 Å². The third kappa shape index (κ3) is 4.73. The topological polar surface area (TPSA) is 58.6 Å². The fraction of sp³-hybridized carbons (Fsp3) is 0.263. The molecule has 2 aromatic rings. The lowest BCUT2D eigenvalue weighted by Gasteiger charge is -2.23. The summed E-state index contributed by atoms with van der Waals surface area (Å²) in [5.41, 5.74) is 3.21. The van der Waals surface area contributed by atoms with E-state index in [0.29, 0.717) is 22.1 Å². The van der Waals surface area contributed by atoms with E-state index in [1.165, 1.54) is 18.9 Å². The molecule has 0 aliphatic heterocycles. The number of benzene rings is 2. The highest BCUT2D eigenvalue weighted by molar-refractivity contribution is 6.31. The molecule has 0 atom stereocenters. The Labute approximate surface area is 152 Å². The van der Waals surface area contributed by atoms with Gasteiger partial charge in [0.1, 0.15) is 12.3 Å². The molecule has 0 spiro atoms. The summed E-state index contributed by atoms with van der Waals surface area (Å²) in [6.07, 6.45) is 0. The maximum absolute atomic E-state index is 12.5. The van der Waals surface area contributed by atoms with Crippen LogP contribution in [0, 0.1) is 13.8 Å². The van der Waals surface area contributed by atoms with Gasteiger partial charge in [0, 0.05) is 17.6 Å². The second-order valence-corrected chi connectivity index (χ2v) is 6.22. The van der Waals surface area contributed by atoms with Gasteiger partial charge in [0.15, 0.2) is 0 Å². The molecule has 1 N–H and O–H groups in total.